The molecule has 0 N–H and O–H groups in total. The molecular formula is C30H32Cl2Ge2. The van der Waals surface area contributed by atoms with E-state index >= 15 is 0 Å². The quantitative estimate of drug-likeness (QED) is 0.134. The Labute approximate surface area is 218 Å². The van der Waals surface area contributed by atoms with E-state index in [1.54, 1.807) is 0 Å². The second kappa shape index (κ2) is 12.5. The van der Waals surface area contributed by atoms with Crippen molar-refractivity contribution in [3.8, 4) is 0 Å². The zero-order chi connectivity index (χ0) is 23.7. The molecule has 0 unspecified atom stereocenters. The molecule has 0 spiro atoms. The Morgan fingerprint density at radius 1 is 0.353 bits per heavy atom. The Bertz CT molecular complexity index is 948. The van der Waals surface area contributed by atoms with E-state index in [9.17, 15) is 0 Å². The zero-order valence-electron chi connectivity index (χ0n) is 19.5. The molecule has 0 saturated carbocycles. The molecule has 0 aliphatic carbocycles. The molecule has 0 atom stereocenters. The van der Waals surface area contributed by atoms with Gasteiger partial charge in [-0.25, -0.2) is 0 Å². The fraction of sp³-hybridized carbons (Fsp3) is 0.200. The molecule has 0 aromatic heterocycles. The van der Waals surface area contributed by atoms with Gasteiger partial charge in [0.05, 0.1) is 0 Å². The van der Waals surface area contributed by atoms with Gasteiger partial charge in [0.25, 0.3) is 0 Å². The normalized spacial score (nSPS) is 11.9. The summed E-state index contributed by atoms with van der Waals surface area (Å²) >= 11 is -5.73. The first-order chi connectivity index (χ1) is 16.6. The SMILES string of the molecule is [Cl][Ge]([CH2]CCCC[CH2][Ge]([Cl])([c]1ccccc1)[c]1ccccc1)([c]1ccccc1)[c]1ccccc1. The predicted molar refractivity (Wildman–Crippen MR) is 156 cm³/mol. The summed E-state index contributed by atoms with van der Waals surface area (Å²) in [5.74, 6) is 0. The van der Waals surface area contributed by atoms with Gasteiger partial charge in [-0.3, -0.25) is 0 Å². The summed E-state index contributed by atoms with van der Waals surface area (Å²) in [7, 11) is 15.0. The Balaban J connectivity index is 1.38. The molecule has 4 rings (SSSR count). The first-order valence-corrected chi connectivity index (χ1v) is 24.9. The maximum absolute atomic E-state index is 7.51. The van der Waals surface area contributed by atoms with Crippen molar-refractivity contribution in [3.63, 3.8) is 0 Å². The second-order valence-corrected chi connectivity index (χ2v) is 29.4. The summed E-state index contributed by atoms with van der Waals surface area (Å²) in [6.07, 6.45) is 4.76. The van der Waals surface area contributed by atoms with E-state index in [-0.39, 0.29) is 0 Å². The molecular weight excluding hydrogens is 576 g/mol. The fourth-order valence-electron chi connectivity index (χ4n) is 4.81. The van der Waals surface area contributed by atoms with Crippen LogP contribution in [-0.2, 0) is 0 Å². The monoisotopic (exact) mass is 610 g/mol. The number of unbranched alkanes of at least 4 members (excludes halogenated alkanes) is 3. The van der Waals surface area contributed by atoms with Crippen LogP contribution in [0.2, 0.25) is 10.5 Å². The van der Waals surface area contributed by atoms with Crippen molar-refractivity contribution in [1.82, 2.24) is 0 Å². The van der Waals surface area contributed by atoms with Crippen LogP contribution >= 0.6 is 20.0 Å². The molecule has 0 bridgehead atoms. The molecule has 0 saturated heterocycles. The van der Waals surface area contributed by atoms with Gasteiger partial charge in [0.2, 0.25) is 0 Å². The Hall–Kier alpha value is -1.45. The van der Waals surface area contributed by atoms with Crippen molar-refractivity contribution in [2.45, 2.75) is 36.2 Å². The fourth-order valence-corrected chi connectivity index (χ4v) is 21.8. The molecule has 174 valence electrons. The van der Waals surface area contributed by atoms with E-state index in [2.05, 4.69) is 121 Å². The Kier molecular flexibility index (Phi) is 9.42. The van der Waals surface area contributed by atoms with Crippen LogP contribution in [0.3, 0.4) is 0 Å². The van der Waals surface area contributed by atoms with Crippen LogP contribution < -0.4 is 17.6 Å². The molecule has 4 aromatic rings. The van der Waals surface area contributed by atoms with Crippen LogP contribution in [0.5, 0.6) is 0 Å². The molecule has 34 heavy (non-hydrogen) atoms. The minimum absolute atomic E-state index is 1.11. The van der Waals surface area contributed by atoms with Gasteiger partial charge in [-0.05, 0) is 0 Å². The van der Waals surface area contributed by atoms with E-state index in [1.165, 1.54) is 43.3 Å². The third-order valence-electron chi connectivity index (χ3n) is 6.72. The molecule has 4 aromatic carbocycles. The maximum atomic E-state index is 7.51. The van der Waals surface area contributed by atoms with Gasteiger partial charge in [0, 0.05) is 0 Å². The summed E-state index contributed by atoms with van der Waals surface area (Å²) in [6, 6.07) is 43.2. The number of halogens is 2. The topological polar surface area (TPSA) is 0 Å². The van der Waals surface area contributed by atoms with E-state index in [0.717, 1.165) is 10.5 Å². The summed E-state index contributed by atoms with van der Waals surface area (Å²) in [4.78, 5) is 0. The number of hydrogen-bond donors (Lipinski definition) is 0. The van der Waals surface area contributed by atoms with Gasteiger partial charge in [0.1, 0.15) is 0 Å². The third kappa shape index (κ3) is 6.21. The van der Waals surface area contributed by atoms with Crippen LogP contribution in [0.25, 0.3) is 0 Å². The second-order valence-electron chi connectivity index (χ2n) is 8.98. The predicted octanol–water partition coefficient (Wildman–Crippen LogP) is 6.54. The Morgan fingerprint density at radius 2 is 0.588 bits per heavy atom. The summed E-state index contributed by atoms with van der Waals surface area (Å²) in [5, 5.41) is 2.22. The first kappa shape index (κ1) is 25.6. The van der Waals surface area contributed by atoms with Crippen molar-refractivity contribution in [2.75, 3.05) is 0 Å². The summed E-state index contributed by atoms with van der Waals surface area (Å²) in [5.41, 5.74) is 0. The standard InChI is InChI=1S/C30H32Cl2Ge2/c31-33(27-17-7-3-8-18-27,28-19-9-4-10-20-28)25-15-1-2-16-26-34(32,29-21-11-5-12-22-29)30-23-13-6-14-24-30/h3-14,17-24H,1-2,15-16,25-26H2. The Morgan fingerprint density at radius 3 is 0.824 bits per heavy atom. The molecule has 0 amide bonds. The van der Waals surface area contributed by atoms with Gasteiger partial charge in [-0.2, -0.15) is 0 Å². The number of benzene rings is 4. The van der Waals surface area contributed by atoms with Crippen molar-refractivity contribution in [1.29, 1.82) is 0 Å². The average Bonchev–Trinajstić information content (AvgIpc) is 2.92. The van der Waals surface area contributed by atoms with E-state index in [4.69, 9.17) is 20.0 Å². The molecule has 0 aliphatic rings. The molecule has 0 aliphatic heterocycles. The van der Waals surface area contributed by atoms with Crippen LogP contribution in [0, 0.1) is 0 Å². The summed E-state index contributed by atoms with van der Waals surface area (Å²) < 4.78 is 5.44. The van der Waals surface area contributed by atoms with E-state index in [1.807, 2.05) is 0 Å². The van der Waals surface area contributed by atoms with Crippen molar-refractivity contribution >= 4 is 62.3 Å². The average molecular weight is 609 g/mol. The molecule has 0 nitrogen and oxygen atoms in total. The van der Waals surface area contributed by atoms with Gasteiger partial charge in [-0.15, -0.1) is 0 Å². The van der Waals surface area contributed by atoms with Crippen LogP contribution in [0.1, 0.15) is 25.7 Å². The first-order valence-electron chi connectivity index (χ1n) is 12.2. The van der Waals surface area contributed by atoms with E-state index < -0.39 is 24.7 Å². The molecule has 4 heteroatoms. The van der Waals surface area contributed by atoms with Crippen molar-refractivity contribution in [2.24, 2.45) is 0 Å². The van der Waals surface area contributed by atoms with Gasteiger partial charge in [0.15, 0.2) is 0 Å². The van der Waals surface area contributed by atoms with Crippen molar-refractivity contribution in [3.05, 3.63) is 121 Å². The third-order valence-corrected chi connectivity index (χ3v) is 28.1. The van der Waals surface area contributed by atoms with Gasteiger partial charge < -0.3 is 0 Å². The number of rotatable bonds is 11. The van der Waals surface area contributed by atoms with Crippen LogP contribution in [0.4, 0.5) is 0 Å². The van der Waals surface area contributed by atoms with Crippen LogP contribution in [-0.4, -0.2) is 24.7 Å². The number of hydrogen-bond acceptors (Lipinski definition) is 0. The van der Waals surface area contributed by atoms with E-state index in [0.29, 0.717) is 0 Å². The van der Waals surface area contributed by atoms with Crippen LogP contribution in [0.15, 0.2) is 121 Å². The van der Waals surface area contributed by atoms with Gasteiger partial charge in [-0.1, -0.05) is 0 Å². The minimum atomic E-state index is -2.86. The molecule has 0 radical (unpaired) electrons. The molecule has 0 heterocycles. The molecule has 0 fully saturated rings. The van der Waals surface area contributed by atoms with Gasteiger partial charge >= 0.3 is 220 Å². The zero-order valence-corrected chi connectivity index (χ0v) is 25.3. The van der Waals surface area contributed by atoms with Crippen molar-refractivity contribution < 1.29 is 0 Å². The summed E-state index contributed by atoms with van der Waals surface area (Å²) in [6.45, 7) is 0.